The first kappa shape index (κ1) is 17.9. The van der Waals surface area contributed by atoms with Gasteiger partial charge in [-0.15, -0.1) is 0 Å². The van der Waals surface area contributed by atoms with Crippen LogP contribution in [0, 0.1) is 0 Å². The van der Waals surface area contributed by atoms with Gasteiger partial charge in [-0.3, -0.25) is 4.79 Å². The first-order valence-corrected chi connectivity index (χ1v) is 8.29. The summed E-state index contributed by atoms with van der Waals surface area (Å²) < 4.78 is 11.4. The van der Waals surface area contributed by atoms with Crippen LogP contribution < -0.4 is 9.47 Å². The average Bonchev–Trinajstić information content (AvgIpc) is 2.56. The third-order valence-electron chi connectivity index (χ3n) is 3.66. The molecule has 0 saturated carbocycles. The summed E-state index contributed by atoms with van der Waals surface area (Å²) in [7, 11) is 0. The number of hydrogen-bond acceptors (Lipinski definition) is 4. The van der Waals surface area contributed by atoms with E-state index in [9.17, 15) is 9.90 Å². The third kappa shape index (κ3) is 5.01. The summed E-state index contributed by atoms with van der Waals surface area (Å²) in [6, 6.07) is 12.8. The molecule has 128 valence electrons. The fourth-order valence-electron chi connectivity index (χ4n) is 2.45. The summed E-state index contributed by atoms with van der Waals surface area (Å²) in [6.07, 6.45) is 2.83. The van der Waals surface area contributed by atoms with Crippen molar-refractivity contribution in [2.75, 3.05) is 13.2 Å². The maximum absolute atomic E-state index is 11.3. The van der Waals surface area contributed by atoms with Crippen LogP contribution in [-0.4, -0.2) is 24.1 Å². The minimum absolute atomic E-state index is 0.0512. The molecule has 1 N–H and O–H groups in total. The van der Waals surface area contributed by atoms with Crippen LogP contribution in [0.2, 0.25) is 0 Å². The van der Waals surface area contributed by atoms with Crippen LogP contribution in [0.15, 0.2) is 42.5 Å². The van der Waals surface area contributed by atoms with E-state index in [2.05, 4.69) is 13.0 Å². The smallest absolute Gasteiger partial charge is 0.163 e. The lowest BCUT2D eigenvalue weighted by molar-refractivity contribution is 0.101. The molecule has 0 aromatic heterocycles. The van der Waals surface area contributed by atoms with Crippen molar-refractivity contribution in [2.24, 2.45) is 0 Å². The zero-order valence-electron chi connectivity index (χ0n) is 14.2. The topological polar surface area (TPSA) is 55.8 Å². The Bertz CT molecular complexity index is 679. The van der Waals surface area contributed by atoms with Gasteiger partial charge in [0.25, 0.3) is 0 Å². The van der Waals surface area contributed by atoms with Crippen LogP contribution in [0.1, 0.15) is 42.6 Å². The highest BCUT2D eigenvalue weighted by molar-refractivity contribution is 5.96. The SMILES string of the molecule is CCCc1ccccc1OCCCOc1ccc(C(C)=O)c(O)c1. The van der Waals surface area contributed by atoms with Crippen LogP contribution in [0.25, 0.3) is 0 Å². The lowest BCUT2D eigenvalue weighted by atomic mass is 10.1. The first-order valence-electron chi connectivity index (χ1n) is 8.29. The first-order chi connectivity index (χ1) is 11.6. The van der Waals surface area contributed by atoms with Gasteiger partial charge in [-0.1, -0.05) is 31.5 Å². The summed E-state index contributed by atoms with van der Waals surface area (Å²) in [4.78, 5) is 11.3. The molecule has 0 amide bonds. The predicted molar refractivity (Wildman–Crippen MR) is 94.2 cm³/mol. The predicted octanol–water partition coefficient (Wildman–Crippen LogP) is 4.40. The fourth-order valence-corrected chi connectivity index (χ4v) is 2.45. The molecule has 0 aliphatic rings. The van der Waals surface area contributed by atoms with Gasteiger partial charge in [0.15, 0.2) is 5.78 Å². The Balaban J connectivity index is 1.77. The molecule has 2 aromatic carbocycles. The summed E-state index contributed by atoms with van der Waals surface area (Å²) in [5.74, 6) is 1.26. The number of benzene rings is 2. The molecule has 0 saturated heterocycles. The van der Waals surface area contributed by atoms with E-state index in [0.29, 0.717) is 24.5 Å². The van der Waals surface area contributed by atoms with Crippen molar-refractivity contribution in [2.45, 2.75) is 33.1 Å². The minimum Gasteiger partial charge on any atom is -0.507 e. The molecular formula is C20H24O4. The molecule has 0 spiro atoms. The number of ether oxygens (including phenoxy) is 2. The number of para-hydroxylation sites is 1. The molecule has 2 rings (SSSR count). The molecule has 0 heterocycles. The maximum atomic E-state index is 11.3. The van der Waals surface area contributed by atoms with Crippen LogP contribution in [-0.2, 0) is 6.42 Å². The van der Waals surface area contributed by atoms with Gasteiger partial charge in [0.2, 0.25) is 0 Å². The fraction of sp³-hybridized carbons (Fsp3) is 0.350. The van der Waals surface area contributed by atoms with Crippen molar-refractivity contribution in [1.29, 1.82) is 0 Å². The molecule has 4 heteroatoms. The Hall–Kier alpha value is -2.49. The van der Waals surface area contributed by atoms with E-state index in [4.69, 9.17) is 9.47 Å². The quantitative estimate of drug-likeness (QED) is 0.548. The Kier molecular flexibility index (Phi) is 6.67. The molecule has 0 unspecified atom stereocenters. The maximum Gasteiger partial charge on any atom is 0.163 e. The number of carbonyl (C=O) groups excluding carboxylic acids is 1. The van der Waals surface area contributed by atoms with Crippen LogP contribution >= 0.6 is 0 Å². The van der Waals surface area contributed by atoms with Gasteiger partial charge in [-0.05, 0) is 37.1 Å². The van der Waals surface area contributed by atoms with E-state index >= 15 is 0 Å². The number of carbonyl (C=O) groups is 1. The second kappa shape index (κ2) is 8.96. The van der Waals surface area contributed by atoms with Gasteiger partial charge in [0.05, 0.1) is 18.8 Å². The Morgan fingerprint density at radius 3 is 2.54 bits per heavy atom. The molecule has 0 atom stereocenters. The Labute approximate surface area is 143 Å². The Morgan fingerprint density at radius 2 is 1.83 bits per heavy atom. The number of hydrogen-bond donors (Lipinski definition) is 1. The number of Topliss-reactive ketones (excluding diaryl/α,β-unsaturated/α-hetero) is 1. The van der Waals surface area contributed by atoms with Crippen molar-refractivity contribution in [3.63, 3.8) is 0 Å². The van der Waals surface area contributed by atoms with Gasteiger partial charge in [0.1, 0.15) is 17.2 Å². The summed E-state index contributed by atoms with van der Waals surface area (Å²) in [5, 5.41) is 9.77. The largest absolute Gasteiger partial charge is 0.507 e. The number of ketones is 1. The normalized spacial score (nSPS) is 10.4. The van der Waals surface area contributed by atoms with Gasteiger partial charge >= 0.3 is 0 Å². The zero-order chi connectivity index (χ0) is 17.4. The monoisotopic (exact) mass is 328 g/mol. The molecule has 24 heavy (non-hydrogen) atoms. The van der Waals surface area contributed by atoms with E-state index in [1.165, 1.54) is 18.6 Å². The highest BCUT2D eigenvalue weighted by atomic mass is 16.5. The number of aryl methyl sites for hydroxylation is 1. The van der Waals surface area contributed by atoms with E-state index < -0.39 is 0 Å². The minimum atomic E-state index is -0.168. The lowest BCUT2D eigenvalue weighted by Gasteiger charge is -2.11. The van der Waals surface area contributed by atoms with Crippen molar-refractivity contribution in [1.82, 2.24) is 0 Å². The standard InChI is InChI=1S/C20H24O4/c1-3-7-16-8-4-5-9-20(16)24-13-6-12-23-17-10-11-18(15(2)21)19(22)14-17/h4-5,8-11,14,22H,3,6-7,12-13H2,1-2H3. The molecule has 2 aromatic rings. The number of aromatic hydroxyl groups is 1. The second-order valence-electron chi connectivity index (χ2n) is 5.64. The molecule has 4 nitrogen and oxygen atoms in total. The molecular weight excluding hydrogens is 304 g/mol. The van der Waals surface area contributed by atoms with Crippen LogP contribution in [0.4, 0.5) is 0 Å². The van der Waals surface area contributed by atoms with Gasteiger partial charge in [0, 0.05) is 12.5 Å². The van der Waals surface area contributed by atoms with Crippen molar-refractivity contribution < 1.29 is 19.4 Å². The molecule has 0 bridgehead atoms. The molecule has 0 aliphatic heterocycles. The lowest BCUT2D eigenvalue weighted by Crippen LogP contribution is -2.06. The van der Waals surface area contributed by atoms with E-state index in [-0.39, 0.29) is 11.5 Å². The second-order valence-corrected chi connectivity index (χ2v) is 5.64. The van der Waals surface area contributed by atoms with E-state index in [0.717, 1.165) is 25.0 Å². The van der Waals surface area contributed by atoms with Gasteiger partial charge in [-0.2, -0.15) is 0 Å². The van der Waals surface area contributed by atoms with Crippen LogP contribution in [0.3, 0.4) is 0 Å². The van der Waals surface area contributed by atoms with Gasteiger partial charge < -0.3 is 14.6 Å². The van der Waals surface area contributed by atoms with E-state index in [1.807, 2.05) is 18.2 Å². The number of phenolic OH excluding ortho intramolecular Hbond substituents is 1. The summed E-state index contributed by atoms with van der Waals surface area (Å²) in [6.45, 7) is 4.62. The highest BCUT2D eigenvalue weighted by Gasteiger charge is 2.07. The third-order valence-corrected chi connectivity index (χ3v) is 3.66. The zero-order valence-corrected chi connectivity index (χ0v) is 14.2. The van der Waals surface area contributed by atoms with Crippen molar-refractivity contribution in [3.05, 3.63) is 53.6 Å². The average molecular weight is 328 g/mol. The number of phenols is 1. The van der Waals surface area contributed by atoms with Crippen molar-refractivity contribution in [3.8, 4) is 17.2 Å². The molecule has 0 radical (unpaired) electrons. The summed E-state index contributed by atoms with van der Waals surface area (Å²) >= 11 is 0. The van der Waals surface area contributed by atoms with E-state index in [1.54, 1.807) is 12.1 Å². The van der Waals surface area contributed by atoms with Gasteiger partial charge in [-0.25, -0.2) is 0 Å². The summed E-state index contributed by atoms with van der Waals surface area (Å²) in [5.41, 5.74) is 1.53. The van der Waals surface area contributed by atoms with Crippen LogP contribution in [0.5, 0.6) is 17.2 Å². The molecule has 0 fully saturated rings. The highest BCUT2D eigenvalue weighted by Crippen LogP contribution is 2.24. The van der Waals surface area contributed by atoms with Crippen molar-refractivity contribution >= 4 is 5.78 Å². The molecule has 0 aliphatic carbocycles. The Morgan fingerprint density at radius 1 is 1.08 bits per heavy atom. The number of rotatable bonds is 9.